The fourth-order valence-electron chi connectivity index (χ4n) is 2.31. The van der Waals surface area contributed by atoms with Gasteiger partial charge in [0.2, 0.25) is 0 Å². The van der Waals surface area contributed by atoms with Crippen LogP contribution < -0.4 is 0 Å². The molecule has 1 saturated heterocycles. The molecule has 0 radical (unpaired) electrons. The molecule has 1 aliphatic heterocycles. The van der Waals surface area contributed by atoms with Crippen LogP contribution in [0.3, 0.4) is 0 Å². The van der Waals surface area contributed by atoms with Gasteiger partial charge in [-0.3, -0.25) is 0 Å². The van der Waals surface area contributed by atoms with Crippen LogP contribution in [0.2, 0.25) is 0 Å². The van der Waals surface area contributed by atoms with E-state index in [0.29, 0.717) is 6.10 Å². The van der Waals surface area contributed by atoms with Crippen molar-refractivity contribution in [2.75, 3.05) is 13.2 Å². The molecule has 0 N–H and O–H groups in total. The van der Waals surface area contributed by atoms with Gasteiger partial charge >= 0.3 is 0 Å². The van der Waals surface area contributed by atoms with E-state index in [1.54, 1.807) is 0 Å². The molecule has 2 aliphatic rings. The molecule has 3 heteroatoms. The van der Waals surface area contributed by atoms with Gasteiger partial charge in [0.25, 0.3) is 0 Å². The summed E-state index contributed by atoms with van der Waals surface area (Å²) in [6.07, 6.45) is 6.30. The van der Waals surface area contributed by atoms with Crippen LogP contribution in [0.5, 0.6) is 0 Å². The first-order valence-electron chi connectivity index (χ1n) is 5.80. The highest BCUT2D eigenvalue weighted by molar-refractivity contribution is 4.85. The van der Waals surface area contributed by atoms with Gasteiger partial charge < -0.3 is 14.2 Å². The Balaban J connectivity index is 1.78. The molecule has 86 valence electrons. The monoisotopic (exact) mass is 212 g/mol. The van der Waals surface area contributed by atoms with Crippen molar-refractivity contribution in [3.63, 3.8) is 0 Å². The van der Waals surface area contributed by atoms with Crippen molar-refractivity contribution < 1.29 is 14.2 Å². The molecule has 3 nitrogen and oxygen atoms in total. The molecule has 1 aliphatic carbocycles. The van der Waals surface area contributed by atoms with Crippen LogP contribution in [0.1, 0.15) is 32.6 Å². The Kier molecular flexibility index (Phi) is 3.44. The number of rotatable bonds is 3. The molecular formula is C12H20O3. The molecule has 1 heterocycles. The highest BCUT2D eigenvalue weighted by Crippen LogP contribution is 2.36. The Labute approximate surface area is 91.4 Å². The third-order valence-corrected chi connectivity index (χ3v) is 3.25. The predicted molar refractivity (Wildman–Crippen MR) is 57.6 cm³/mol. The highest BCUT2D eigenvalue weighted by Gasteiger charge is 2.40. The van der Waals surface area contributed by atoms with E-state index in [-0.39, 0.29) is 11.9 Å². The maximum Gasteiger partial charge on any atom is 0.168 e. The lowest BCUT2D eigenvalue weighted by atomic mass is 9.91. The van der Waals surface area contributed by atoms with Crippen LogP contribution in [0.4, 0.5) is 0 Å². The first kappa shape index (κ1) is 11.1. The van der Waals surface area contributed by atoms with Gasteiger partial charge in [0.15, 0.2) is 5.79 Å². The van der Waals surface area contributed by atoms with Crippen LogP contribution in [-0.4, -0.2) is 31.2 Å². The quantitative estimate of drug-likeness (QED) is 0.672. The minimum Gasteiger partial charge on any atom is -0.371 e. The summed E-state index contributed by atoms with van der Waals surface area (Å²) in [5.41, 5.74) is 0. The smallest absolute Gasteiger partial charge is 0.168 e. The molecule has 0 aromatic heterocycles. The summed E-state index contributed by atoms with van der Waals surface area (Å²) in [7, 11) is 0. The van der Waals surface area contributed by atoms with Crippen molar-refractivity contribution in [3.8, 4) is 0 Å². The second kappa shape index (κ2) is 4.64. The molecule has 2 fully saturated rings. The fourth-order valence-corrected chi connectivity index (χ4v) is 2.31. The van der Waals surface area contributed by atoms with E-state index in [2.05, 4.69) is 6.58 Å². The molecule has 2 rings (SSSR count). The Morgan fingerprint density at radius 2 is 1.93 bits per heavy atom. The topological polar surface area (TPSA) is 27.7 Å². The standard InChI is InChI=1S/C12H20O3/c1-3-10(2)15-11-4-6-12(7-5-11)13-8-9-14-12/h3,10-11H,1,4-9H2,2H3. The Hall–Kier alpha value is -0.380. The summed E-state index contributed by atoms with van der Waals surface area (Å²) in [5.74, 6) is -0.267. The van der Waals surface area contributed by atoms with Gasteiger partial charge in [0.05, 0.1) is 25.4 Å². The Morgan fingerprint density at radius 1 is 1.33 bits per heavy atom. The van der Waals surface area contributed by atoms with Gasteiger partial charge in [0.1, 0.15) is 0 Å². The molecule has 0 bridgehead atoms. The van der Waals surface area contributed by atoms with Crippen molar-refractivity contribution >= 4 is 0 Å². The molecule has 1 unspecified atom stereocenters. The van der Waals surface area contributed by atoms with Gasteiger partial charge in [-0.05, 0) is 19.8 Å². The van der Waals surface area contributed by atoms with E-state index in [1.807, 2.05) is 13.0 Å². The lowest BCUT2D eigenvalue weighted by molar-refractivity contribution is -0.193. The number of hydrogen-bond acceptors (Lipinski definition) is 3. The zero-order chi connectivity index (χ0) is 10.7. The lowest BCUT2D eigenvalue weighted by Gasteiger charge is -2.35. The molecule has 0 aromatic rings. The maximum absolute atomic E-state index is 5.81. The Morgan fingerprint density at radius 3 is 2.47 bits per heavy atom. The molecule has 0 amide bonds. The Bertz CT molecular complexity index is 211. The van der Waals surface area contributed by atoms with Gasteiger partial charge in [0, 0.05) is 12.8 Å². The van der Waals surface area contributed by atoms with E-state index < -0.39 is 0 Å². The van der Waals surface area contributed by atoms with Crippen LogP contribution in [-0.2, 0) is 14.2 Å². The van der Waals surface area contributed by atoms with Crippen molar-refractivity contribution in [1.82, 2.24) is 0 Å². The normalized spacial score (nSPS) is 28.1. The summed E-state index contributed by atoms with van der Waals surface area (Å²) in [5, 5.41) is 0. The largest absolute Gasteiger partial charge is 0.371 e. The van der Waals surface area contributed by atoms with Crippen LogP contribution >= 0.6 is 0 Å². The summed E-state index contributed by atoms with van der Waals surface area (Å²) in [6, 6.07) is 0. The zero-order valence-electron chi connectivity index (χ0n) is 9.41. The summed E-state index contributed by atoms with van der Waals surface area (Å²) >= 11 is 0. The predicted octanol–water partition coefficient (Wildman–Crippen LogP) is 2.26. The number of ether oxygens (including phenoxy) is 3. The second-order valence-electron chi connectivity index (χ2n) is 4.38. The van der Waals surface area contributed by atoms with Crippen molar-refractivity contribution in [2.45, 2.75) is 50.6 Å². The van der Waals surface area contributed by atoms with Gasteiger partial charge in [-0.15, -0.1) is 6.58 Å². The van der Waals surface area contributed by atoms with Crippen LogP contribution in [0.25, 0.3) is 0 Å². The fraction of sp³-hybridized carbons (Fsp3) is 0.833. The maximum atomic E-state index is 5.81. The van der Waals surface area contributed by atoms with Gasteiger partial charge in [-0.1, -0.05) is 6.08 Å². The first-order valence-corrected chi connectivity index (χ1v) is 5.80. The molecule has 1 atom stereocenters. The summed E-state index contributed by atoms with van der Waals surface area (Å²) in [4.78, 5) is 0. The van der Waals surface area contributed by atoms with E-state index in [0.717, 1.165) is 38.9 Å². The van der Waals surface area contributed by atoms with Gasteiger partial charge in [-0.2, -0.15) is 0 Å². The van der Waals surface area contributed by atoms with Crippen molar-refractivity contribution in [1.29, 1.82) is 0 Å². The minimum absolute atomic E-state index is 0.148. The van der Waals surface area contributed by atoms with Crippen LogP contribution in [0.15, 0.2) is 12.7 Å². The van der Waals surface area contributed by atoms with Crippen molar-refractivity contribution in [3.05, 3.63) is 12.7 Å². The molecule has 15 heavy (non-hydrogen) atoms. The lowest BCUT2D eigenvalue weighted by Crippen LogP contribution is -2.38. The van der Waals surface area contributed by atoms with Crippen molar-refractivity contribution in [2.24, 2.45) is 0 Å². The summed E-state index contributed by atoms with van der Waals surface area (Å²) < 4.78 is 17.1. The zero-order valence-corrected chi connectivity index (χ0v) is 9.41. The van der Waals surface area contributed by atoms with E-state index >= 15 is 0 Å². The van der Waals surface area contributed by atoms with Gasteiger partial charge in [-0.25, -0.2) is 0 Å². The average Bonchev–Trinajstić information content (AvgIpc) is 2.70. The summed E-state index contributed by atoms with van der Waals surface area (Å²) in [6.45, 7) is 7.24. The SMILES string of the molecule is C=CC(C)OC1CCC2(CC1)OCCO2. The molecule has 1 spiro atoms. The highest BCUT2D eigenvalue weighted by atomic mass is 16.7. The van der Waals surface area contributed by atoms with E-state index in [1.165, 1.54) is 0 Å². The molecule has 0 aromatic carbocycles. The molecular weight excluding hydrogens is 192 g/mol. The first-order chi connectivity index (χ1) is 7.24. The van der Waals surface area contributed by atoms with E-state index in [4.69, 9.17) is 14.2 Å². The second-order valence-corrected chi connectivity index (χ2v) is 4.38. The average molecular weight is 212 g/mol. The van der Waals surface area contributed by atoms with Crippen LogP contribution in [0, 0.1) is 0 Å². The molecule has 1 saturated carbocycles. The third kappa shape index (κ3) is 2.60. The number of hydrogen-bond donors (Lipinski definition) is 0. The van der Waals surface area contributed by atoms with E-state index in [9.17, 15) is 0 Å². The minimum atomic E-state index is -0.267. The third-order valence-electron chi connectivity index (χ3n) is 3.25.